The summed E-state index contributed by atoms with van der Waals surface area (Å²) in [5, 5.41) is 15.7. The molecular weight excluding hydrogens is 339 g/mol. The zero-order valence-electron chi connectivity index (χ0n) is 13.3. The molecule has 1 aromatic heterocycles. The minimum absolute atomic E-state index is 0.0492. The average molecular weight is 356 g/mol. The molecule has 3 aromatic rings. The Morgan fingerprint density at radius 2 is 1.88 bits per heavy atom. The molecule has 128 valence electrons. The molecule has 2 atom stereocenters. The third kappa shape index (κ3) is 4.29. The molecule has 1 heterocycles. The molecule has 25 heavy (non-hydrogen) atoms. The average Bonchev–Trinajstić information content (AvgIpc) is 3.16. The third-order valence-corrected chi connectivity index (χ3v) is 4.67. The van der Waals surface area contributed by atoms with Crippen LogP contribution in [0.3, 0.4) is 0 Å². The molecule has 0 aliphatic rings. The molecule has 2 aromatic carbocycles. The van der Waals surface area contributed by atoms with E-state index in [1.165, 1.54) is 29.5 Å². The lowest BCUT2D eigenvalue weighted by atomic mass is 10.0. The number of hydrogen-bond donors (Lipinski definition) is 2. The topological polar surface area (TPSA) is 62.2 Å². The predicted octanol–water partition coefficient (Wildman–Crippen LogP) is 3.36. The van der Waals surface area contributed by atoms with Gasteiger partial charge in [0.1, 0.15) is 16.9 Å². The van der Waals surface area contributed by atoms with Crippen LogP contribution in [0.15, 0.2) is 66.2 Å². The first-order valence-corrected chi connectivity index (χ1v) is 8.70. The number of aromatic nitrogens is 1. The quantitative estimate of drug-likeness (QED) is 0.712. The van der Waals surface area contributed by atoms with Crippen LogP contribution < -0.4 is 5.32 Å². The summed E-state index contributed by atoms with van der Waals surface area (Å²) in [6, 6.07) is 14.7. The molecule has 0 aliphatic heterocycles. The van der Waals surface area contributed by atoms with Gasteiger partial charge >= 0.3 is 0 Å². The maximum Gasteiger partial charge on any atom is 0.254 e. The Balaban J connectivity index is 1.83. The second-order valence-electron chi connectivity index (χ2n) is 5.56. The summed E-state index contributed by atoms with van der Waals surface area (Å²) in [6.07, 6.45) is 1.03. The van der Waals surface area contributed by atoms with E-state index in [4.69, 9.17) is 0 Å². The molecule has 0 saturated heterocycles. The fraction of sp³-hybridized carbons (Fsp3) is 0.158. The summed E-state index contributed by atoms with van der Waals surface area (Å²) in [6.45, 7) is 0. The number of benzene rings is 2. The van der Waals surface area contributed by atoms with Gasteiger partial charge in [0.2, 0.25) is 0 Å². The molecule has 4 nitrogen and oxygen atoms in total. The van der Waals surface area contributed by atoms with Crippen molar-refractivity contribution in [3.63, 3.8) is 0 Å². The lowest BCUT2D eigenvalue weighted by Gasteiger charge is -2.23. The summed E-state index contributed by atoms with van der Waals surface area (Å²) in [5.74, 6) is -1.16. The number of nitrogens with one attached hydrogen (secondary N) is 1. The van der Waals surface area contributed by atoms with E-state index >= 15 is 0 Å². The Hall–Kier alpha value is -2.57. The van der Waals surface area contributed by atoms with Crippen molar-refractivity contribution in [1.82, 2.24) is 10.3 Å². The van der Waals surface area contributed by atoms with Crippen LogP contribution in [0.4, 0.5) is 4.39 Å². The van der Waals surface area contributed by atoms with Crippen molar-refractivity contribution in [2.45, 2.75) is 18.6 Å². The van der Waals surface area contributed by atoms with E-state index < -0.39 is 23.9 Å². The van der Waals surface area contributed by atoms with Crippen molar-refractivity contribution in [2.75, 3.05) is 0 Å². The summed E-state index contributed by atoms with van der Waals surface area (Å²) >= 11 is 1.31. The highest BCUT2D eigenvalue weighted by molar-refractivity contribution is 7.09. The molecule has 0 unspecified atom stereocenters. The van der Waals surface area contributed by atoms with E-state index in [1.807, 2.05) is 30.3 Å². The van der Waals surface area contributed by atoms with E-state index in [0.29, 0.717) is 11.4 Å². The van der Waals surface area contributed by atoms with Gasteiger partial charge in [-0.3, -0.25) is 4.79 Å². The summed E-state index contributed by atoms with van der Waals surface area (Å²) < 4.78 is 13.9. The number of aliphatic hydroxyl groups excluding tert-OH is 1. The Kier molecular flexibility index (Phi) is 5.53. The van der Waals surface area contributed by atoms with Crippen LogP contribution >= 0.6 is 11.3 Å². The minimum Gasteiger partial charge on any atom is -0.384 e. The van der Waals surface area contributed by atoms with Crippen molar-refractivity contribution in [3.05, 3.63) is 88.1 Å². The Labute approximate surface area is 149 Å². The molecule has 2 N–H and O–H groups in total. The van der Waals surface area contributed by atoms with Gasteiger partial charge in [0.05, 0.1) is 11.6 Å². The highest BCUT2D eigenvalue weighted by Crippen LogP contribution is 2.22. The van der Waals surface area contributed by atoms with Gasteiger partial charge in [-0.15, -0.1) is 11.3 Å². The van der Waals surface area contributed by atoms with E-state index in [-0.39, 0.29) is 5.56 Å². The number of rotatable bonds is 6. The largest absolute Gasteiger partial charge is 0.384 e. The first-order valence-electron chi connectivity index (χ1n) is 7.82. The molecule has 0 aliphatic carbocycles. The molecule has 0 saturated carbocycles. The van der Waals surface area contributed by atoms with Crippen LogP contribution in [0.2, 0.25) is 0 Å². The number of aliphatic hydroxyl groups is 1. The number of thiazole rings is 1. The number of nitrogens with zero attached hydrogens (tertiary/aromatic N) is 1. The van der Waals surface area contributed by atoms with Crippen molar-refractivity contribution >= 4 is 17.2 Å². The second kappa shape index (κ2) is 8.00. The first-order chi connectivity index (χ1) is 12.1. The fourth-order valence-corrected chi connectivity index (χ4v) is 3.24. The molecular formula is C19H17FN2O2S. The molecule has 6 heteroatoms. The van der Waals surface area contributed by atoms with Crippen LogP contribution in [0.25, 0.3) is 0 Å². The summed E-state index contributed by atoms with van der Waals surface area (Å²) in [7, 11) is 0. The lowest BCUT2D eigenvalue weighted by Crippen LogP contribution is -2.41. The molecule has 0 spiro atoms. The number of hydrogen-bond acceptors (Lipinski definition) is 4. The van der Waals surface area contributed by atoms with Gasteiger partial charge < -0.3 is 10.4 Å². The van der Waals surface area contributed by atoms with Crippen molar-refractivity contribution in [1.29, 1.82) is 0 Å². The Bertz CT molecular complexity index is 824. The van der Waals surface area contributed by atoms with Crippen molar-refractivity contribution < 1.29 is 14.3 Å². The zero-order chi connectivity index (χ0) is 17.6. The van der Waals surface area contributed by atoms with Gasteiger partial charge in [-0.2, -0.15) is 0 Å². The van der Waals surface area contributed by atoms with Gasteiger partial charge in [-0.25, -0.2) is 9.37 Å². The van der Waals surface area contributed by atoms with Gasteiger partial charge in [0.25, 0.3) is 5.91 Å². The maximum absolute atomic E-state index is 13.9. The van der Waals surface area contributed by atoms with Gasteiger partial charge in [-0.1, -0.05) is 42.5 Å². The van der Waals surface area contributed by atoms with E-state index in [9.17, 15) is 14.3 Å². The molecule has 0 radical (unpaired) electrons. The molecule has 3 rings (SSSR count). The SMILES string of the molecule is O=C(N[C@H](Cc1ccccc1)[C@H](O)c1nccs1)c1ccccc1F. The highest BCUT2D eigenvalue weighted by atomic mass is 32.1. The smallest absolute Gasteiger partial charge is 0.254 e. The fourth-order valence-electron chi connectivity index (χ4n) is 2.55. The lowest BCUT2D eigenvalue weighted by molar-refractivity contribution is 0.0828. The van der Waals surface area contributed by atoms with E-state index in [2.05, 4.69) is 10.3 Å². The third-order valence-electron chi connectivity index (χ3n) is 3.82. The Morgan fingerprint density at radius 3 is 2.56 bits per heavy atom. The van der Waals surface area contributed by atoms with Crippen molar-refractivity contribution in [3.8, 4) is 0 Å². The van der Waals surface area contributed by atoms with Gasteiger partial charge in [-0.05, 0) is 24.1 Å². The number of carbonyl (C=O) groups excluding carboxylic acids is 1. The van der Waals surface area contributed by atoms with E-state index in [1.54, 1.807) is 17.6 Å². The standard InChI is InChI=1S/C19H17FN2O2S/c20-15-9-5-4-8-14(15)18(24)22-16(12-13-6-2-1-3-7-13)17(23)19-21-10-11-25-19/h1-11,16-17,23H,12H2,(H,22,24)/t16-,17+/m1/s1. The van der Waals surface area contributed by atoms with Crippen LogP contribution in [0.1, 0.15) is 27.0 Å². The predicted molar refractivity (Wildman–Crippen MR) is 94.9 cm³/mol. The van der Waals surface area contributed by atoms with Crippen LogP contribution in [0.5, 0.6) is 0 Å². The van der Waals surface area contributed by atoms with Crippen molar-refractivity contribution in [2.24, 2.45) is 0 Å². The first kappa shape index (κ1) is 17.3. The van der Waals surface area contributed by atoms with Crippen LogP contribution in [-0.4, -0.2) is 22.0 Å². The monoisotopic (exact) mass is 356 g/mol. The van der Waals surface area contributed by atoms with Crippen LogP contribution in [-0.2, 0) is 6.42 Å². The van der Waals surface area contributed by atoms with Gasteiger partial charge in [0, 0.05) is 11.6 Å². The summed E-state index contributed by atoms with van der Waals surface area (Å²) in [4.78, 5) is 16.6. The van der Waals surface area contributed by atoms with Crippen LogP contribution in [0, 0.1) is 5.82 Å². The van der Waals surface area contributed by atoms with E-state index in [0.717, 1.165) is 5.56 Å². The zero-order valence-corrected chi connectivity index (χ0v) is 14.1. The molecule has 0 bridgehead atoms. The van der Waals surface area contributed by atoms with Gasteiger partial charge in [0.15, 0.2) is 0 Å². The number of amides is 1. The second-order valence-corrected chi connectivity index (χ2v) is 6.49. The maximum atomic E-state index is 13.9. The minimum atomic E-state index is -0.976. The molecule has 0 fully saturated rings. The Morgan fingerprint density at radius 1 is 1.16 bits per heavy atom. The summed E-state index contributed by atoms with van der Waals surface area (Å²) in [5.41, 5.74) is 0.906. The highest BCUT2D eigenvalue weighted by Gasteiger charge is 2.26. The molecule has 1 amide bonds. The number of halogens is 1. The normalized spacial score (nSPS) is 13.2. The number of carbonyl (C=O) groups is 1.